The van der Waals surface area contributed by atoms with E-state index in [1.165, 1.54) is 12.1 Å². The molecule has 0 bridgehead atoms. The fraction of sp³-hybridized carbons (Fsp3) is 0.500. The molecule has 202 valence electrons. The number of nitrogens with zero attached hydrogens (tertiary/aromatic N) is 1. The summed E-state index contributed by atoms with van der Waals surface area (Å²) in [4.78, 5) is 28.0. The zero-order valence-electron chi connectivity index (χ0n) is 22.3. The number of carbonyl (C=O) groups is 2. The van der Waals surface area contributed by atoms with E-state index in [0.717, 1.165) is 49.0 Å². The molecular formula is C28H37FN2O5S. The molecule has 0 spiro atoms. The summed E-state index contributed by atoms with van der Waals surface area (Å²) in [6.07, 6.45) is 3.78. The van der Waals surface area contributed by atoms with Crippen LogP contribution in [-0.2, 0) is 26.0 Å². The predicted octanol–water partition coefficient (Wildman–Crippen LogP) is 5.22. The summed E-state index contributed by atoms with van der Waals surface area (Å²) in [5, 5.41) is 0. The molecule has 37 heavy (non-hydrogen) atoms. The second-order valence-corrected chi connectivity index (χ2v) is 11.7. The van der Waals surface area contributed by atoms with Crippen LogP contribution >= 0.6 is 0 Å². The molecule has 7 nitrogen and oxygen atoms in total. The van der Waals surface area contributed by atoms with Crippen LogP contribution in [0.15, 0.2) is 30.3 Å². The smallest absolute Gasteiger partial charge is 0.338 e. The molecule has 1 unspecified atom stereocenters. The lowest BCUT2D eigenvalue weighted by atomic mass is 9.90. The van der Waals surface area contributed by atoms with Gasteiger partial charge in [0.25, 0.3) is 0 Å². The molecule has 1 atom stereocenters. The number of aryl methyl sites for hydroxylation is 2. The van der Waals surface area contributed by atoms with Crippen LogP contribution in [0.5, 0.6) is 0 Å². The number of rotatable bonds is 10. The normalized spacial score (nSPS) is 15.4. The molecule has 1 heterocycles. The Morgan fingerprint density at radius 3 is 2.46 bits per heavy atom. The third-order valence-electron chi connectivity index (χ3n) is 6.96. The Labute approximate surface area is 219 Å². The number of ketones is 1. The summed E-state index contributed by atoms with van der Waals surface area (Å²) in [6.45, 7) is 9.76. The van der Waals surface area contributed by atoms with Crippen molar-refractivity contribution in [2.24, 2.45) is 5.92 Å². The maximum absolute atomic E-state index is 14.5. The first kappa shape index (κ1) is 28.6. The van der Waals surface area contributed by atoms with Crippen LogP contribution < -0.4 is 9.62 Å². The largest absolute Gasteiger partial charge is 0.462 e. The zero-order chi connectivity index (χ0) is 27.3. The highest BCUT2D eigenvalue weighted by Gasteiger charge is 2.23. The summed E-state index contributed by atoms with van der Waals surface area (Å²) in [5.74, 6) is -1.09. The van der Waals surface area contributed by atoms with Gasteiger partial charge in [-0.25, -0.2) is 17.6 Å². The SMILES string of the molecule is CCOC(=O)c1cc(CCC(=O)C(C)c2ccc(NS(C)(=O)=O)c(F)c2)c(N2CCC(C)CC2)cc1C. The molecule has 9 heteroatoms. The first-order chi connectivity index (χ1) is 17.4. The van der Waals surface area contributed by atoms with Gasteiger partial charge in [-0.1, -0.05) is 19.9 Å². The lowest BCUT2D eigenvalue weighted by Crippen LogP contribution is -2.33. The molecule has 2 aromatic rings. The summed E-state index contributed by atoms with van der Waals surface area (Å²) < 4.78 is 44.7. The average Bonchev–Trinajstić information content (AvgIpc) is 2.83. The molecular weight excluding hydrogens is 495 g/mol. The number of sulfonamides is 1. The van der Waals surface area contributed by atoms with Crippen molar-refractivity contribution in [3.63, 3.8) is 0 Å². The number of Topliss-reactive ketones (excluding diaryl/α,β-unsaturated/α-hetero) is 1. The Morgan fingerprint density at radius 2 is 1.86 bits per heavy atom. The highest BCUT2D eigenvalue weighted by Crippen LogP contribution is 2.31. The third-order valence-corrected chi connectivity index (χ3v) is 7.55. The first-order valence-corrected chi connectivity index (χ1v) is 14.6. The van der Waals surface area contributed by atoms with Gasteiger partial charge < -0.3 is 9.64 Å². The van der Waals surface area contributed by atoms with Gasteiger partial charge in [-0.05, 0) is 80.0 Å². The van der Waals surface area contributed by atoms with Crippen LogP contribution in [0.4, 0.5) is 15.8 Å². The quantitative estimate of drug-likeness (QED) is 0.422. The Bertz CT molecular complexity index is 1250. The van der Waals surface area contributed by atoms with E-state index in [0.29, 0.717) is 23.5 Å². The first-order valence-electron chi connectivity index (χ1n) is 12.7. The second-order valence-electron chi connectivity index (χ2n) is 9.99. The Kier molecular flexibility index (Phi) is 9.34. The number of carbonyl (C=O) groups excluding carboxylic acids is 2. The van der Waals surface area contributed by atoms with Gasteiger partial charge in [0, 0.05) is 31.1 Å². The van der Waals surface area contributed by atoms with Crippen molar-refractivity contribution in [3.05, 3.63) is 58.4 Å². The third kappa shape index (κ3) is 7.53. The second kappa shape index (κ2) is 12.1. The van der Waals surface area contributed by atoms with E-state index in [4.69, 9.17) is 4.74 Å². The highest BCUT2D eigenvalue weighted by molar-refractivity contribution is 7.92. The van der Waals surface area contributed by atoms with Crippen LogP contribution in [0.2, 0.25) is 0 Å². The molecule has 0 radical (unpaired) electrons. The van der Waals surface area contributed by atoms with Gasteiger partial charge in [0.1, 0.15) is 11.6 Å². The minimum absolute atomic E-state index is 0.0697. The topological polar surface area (TPSA) is 92.8 Å². The number of benzene rings is 2. The number of hydrogen-bond donors (Lipinski definition) is 1. The molecule has 1 saturated heterocycles. The van der Waals surface area contributed by atoms with Crippen LogP contribution in [0, 0.1) is 18.7 Å². The van der Waals surface area contributed by atoms with Crippen LogP contribution in [0.3, 0.4) is 0 Å². The zero-order valence-corrected chi connectivity index (χ0v) is 23.1. The van der Waals surface area contributed by atoms with Crippen molar-refractivity contribution in [1.29, 1.82) is 0 Å². The molecule has 3 rings (SSSR count). The maximum atomic E-state index is 14.5. The fourth-order valence-corrected chi connectivity index (χ4v) is 5.22. The standard InChI is InChI=1S/C28H37FN2O5S/c1-6-36-28(33)23-16-22(26(15-19(23)3)31-13-11-18(2)12-14-31)8-10-27(32)20(4)21-7-9-25(24(29)17-21)30-37(5,34)35/h7,9,15-18,20,30H,6,8,10-14H2,1-5H3. The number of esters is 1. The number of anilines is 2. The molecule has 0 amide bonds. The highest BCUT2D eigenvalue weighted by atomic mass is 32.2. The number of nitrogens with one attached hydrogen (secondary N) is 1. The Morgan fingerprint density at radius 1 is 1.19 bits per heavy atom. The van der Waals surface area contributed by atoms with E-state index in [-0.39, 0.29) is 30.5 Å². The van der Waals surface area contributed by atoms with Crippen LogP contribution in [0.25, 0.3) is 0 Å². The minimum atomic E-state index is -3.62. The van der Waals surface area contributed by atoms with E-state index >= 15 is 0 Å². The molecule has 1 N–H and O–H groups in total. The van der Waals surface area contributed by atoms with Gasteiger partial charge in [-0.15, -0.1) is 0 Å². The fourth-order valence-electron chi connectivity index (χ4n) is 4.65. The number of hydrogen-bond acceptors (Lipinski definition) is 6. The monoisotopic (exact) mass is 532 g/mol. The molecule has 2 aromatic carbocycles. The molecule has 0 aromatic heterocycles. The van der Waals surface area contributed by atoms with Gasteiger partial charge in [-0.2, -0.15) is 0 Å². The van der Waals surface area contributed by atoms with Crippen molar-refractivity contribution in [3.8, 4) is 0 Å². The van der Waals surface area contributed by atoms with Crippen molar-refractivity contribution < 1.29 is 27.1 Å². The lowest BCUT2D eigenvalue weighted by Gasteiger charge is -2.34. The molecule has 1 fully saturated rings. The van der Waals surface area contributed by atoms with E-state index in [1.54, 1.807) is 19.9 Å². The summed E-state index contributed by atoms with van der Waals surface area (Å²) >= 11 is 0. The lowest BCUT2D eigenvalue weighted by molar-refractivity contribution is -0.120. The average molecular weight is 533 g/mol. The van der Waals surface area contributed by atoms with Gasteiger partial charge in [0.15, 0.2) is 0 Å². The molecule has 0 aliphatic carbocycles. The summed E-state index contributed by atoms with van der Waals surface area (Å²) in [6, 6.07) is 7.96. The van der Waals surface area contributed by atoms with Crippen molar-refractivity contribution in [2.45, 2.75) is 59.3 Å². The number of ether oxygens (including phenoxy) is 1. The van der Waals surface area contributed by atoms with E-state index in [1.807, 2.05) is 19.1 Å². The summed E-state index contributed by atoms with van der Waals surface area (Å²) in [7, 11) is -3.62. The summed E-state index contributed by atoms with van der Waals surface area (Å²) in [5.41, 5.74) is 3.62. The van der Waals surface area contributed by atoms with Crippen LogP contribution in [0.1, 0.15) is 73.0 Å². The molecule has 1 aliphatic heterocycles. The Hall–Kier alpha value is -2.94. The van der Waals surface area contributed by atoms with Crippen LogP contribution in [-0.4, -0.2) is 46.1 Å². The van der Waals surface area contributed by atoms with Gasteiger partial charge in [-0.3, -0.25) is 9.52 Å². The Balaban J connectivity index is 1.81. The number of piperidine rings is 1. The van der Waals surface area contributed by atoms with Gasteiger partial charge in [0.05, 0.1) is 24.1 Å². The minimum Gasteiger partial charge on any atom is -0.462 e. The molecule has 0 saturated carbocycles. The van der Waals surface area contributed by atoms with Crippen molar-refractivity contribution >= 4 is 33.2 Å². The predicted molar refractivity (Wildman–Crippen MR) is 144 cm³/mol. The molecule has 1 aliphatic rings. The van der Waals surface area contributed by atoms with E-state index in [2.05, 4.69) is 16.5 Å². The van der Waals surface area contributed by atoms with Crippen molar-refractivity contribution in [2.75, 3.05) is 35.6 Å². The van der Waals surface area contributed by atoms with E-state index in [9.17, 15) is 22.4 Å². The van der Waals surface area contributed by atoms with E-state index < -0.39 is 21.8 Å². The van der Waals surface area contributed by atoms with Crippen molar-refractivity contribution in [1.82, 2.24) is 0 Å². The van der Waals surface area contributed by atoms with Gasteiger partial charge >= 0.3 is 5.97 Å². The van der Waals surface area contributed by atoms with Gasteiger partial charge in [0.2, 0.25) is 10.0 Å². The maximum Gasteiger partial charge on any atom is 0.338 e. The number of halogens is 1.